The van der Waals surface area contributed by atoms with Crippen molar-refractivity contribution in [2.75, 3.05) is 0 Å². The van der Waals surface area contributed by atoms with Crippen molar-refractivity contribution in [1.82, 2.24) is 18.7 Å². The molecule has 11 aromatic rings. The summed E-state index contributed by atoms with van der Waals surface area (Å²) in [5.41, 5.74) is 21.5. The first-order chi connectivity index (χ1) is 28.3. The molecule has 1 unspecified atom stereocenters. The molecule has 4 nitrogen and oxygen atoms in total. The predicted octanol–water partition coefficient (Wildman–Crippen LogP) is 10.0. The van der Waals surface area contributed by atoms with Gasteiger partial charge in [-0.05, 0) is 75.5 Å². The molecule has 1 atom stereocenters. The van der Waals surface area contributed by atoms with Crippen LogP contribution in [0.4, 0.5) is 0 Å². The third kappa shape index (κ3) is 3.63. The van der Waals surface area contributed by atoms with Gasteiger partial charge in [0.2, 0.25) is 0 Å². The molecular formula is C52H31BN4. The molecule has 1 aliphatic carbocycles. The fourth-order valence-electron chi connectivity index (χ4n) is 11.1. The Hall–Kier alpha value is -7.37. The zero-order valence-corrected chi connectivity index (χ0v) is 30.8. The van der Waals surface area contributed by atoms with Crippen molar-refractivity contribution in [1.29, 1.82) is 0 Å². The summed E-state index contributed by atoms with van der Waals surface area (Å²) in [5.74, 6) is 0.0878. The molecule has 0 radical (unpaired) electrons. The minimum absolute atomic E-state index is 0.0519. The maximum absolute atomic E-state index is 4.98. The van der Waals surface area contributed by atoms with Gasteiger partial charge >= 0.3 is 0 Å². The highest BCUT2D eigenvalue weighted by Gasteiger charge is 2.45. The summed E-state index contributed by atoms with van der Waals surface area (Å²) in [4.78, 5) is 4.98. The number of hydrogen-bond donors (Lipinski definition) is 0. The Labute approximate surface area is 328 Å². The van der Waals surface area contributed by atoms with Crippen molar-refractivity contribution in [3.63, 3.8) is 0 Å². The third-order valence-corrected chi connectivity index (χ3v) is 13.1. The van der Waals surface area contributed by atoms with E-state index < -0.39 is 0 Å². The van der Waals surface area contributed by atoms with Crippen LogP contribution in [0.5, 0.6) is 0 Å². The summed E-state index contributed by atoms with van der Waals surface area (Å²) in [5, 5.41) is 5.17. The Balaban J connectivity index is 1.20. The largest absolute Gasteiger partial charge is 0.313 e. The molecule has 57 heavy (non-hydrogen) atoms. The number of benzene rings is 7. The van der Waals surface area contributed by atoms with E-state index in [1.54, 1.807) is 0 Å². The minimum atomic E-state index is 0.0519. The summed E-state index contributed by atoms with van der Waals surface area (Å²) >= 11 is 0. The van der Waals surface area contributed by atoms with Gasteiger partial charge in [0.1, 0.15) is 5.65 Å². The predicted molar refractivity (Wildman–Crippen MR) is 235 cm³/mol. The van der Waals surface area contributed by atoms with Gasteiger partial charge in [-0.3, -0.25) is 14.1 Å². The lowest BCUT2D eigenvalue weighted by Crippen LogP contribution is -2.59. The van der Waals surface area contributed by atoms with Crippen molar-refractivity contribution in [3.8, 4) is 39.4 Å². The Morgan fingerprint density at radius 2 is 1.19 bits per heavy atom. The van der Waals surface area contributed by atoms with Crippen LogP contribution in [0.15, 0.2) is 182 Å². The van der Waals surface area contributed by atoms with Gasteiger partial charge in [0.15, 0.2) is 0 Å². The van der Waals surface area contributed by atoms with E-state index >= 15 is 0 Å². The first-order valence-electron chi connectivity index (χ1n) is 19.9. The molecule has 0 spiro atoms. The molecule has 5 heteroatoms. The SMILES string of the molecule is c1ccc(C2c3ccccc3-c3c2n2c4c(cccc34)B3c4c-2cc(-c2ccccn2)cc4-n2c4c3cccc4c3c4ccccc4n(-c4ccccc4)c32)cc1. The van der Waals surface area contributed by atoms with Crippen LogP contribution in [0.25, 0.3) is 83.2 Å². The van der Waals surface area contributed by atoms with Crippen LogP contribution >= 0.6 is 0 Å². The second-order valence-corrected chi connectivity index (χ2v) is 15.8. The number of hydrogen-bond acceptors (Lipinski definition) is 1. The molecular weight excluding hydrogens is 691 g/mol. The number of pyridine rings is 1. The number of para-hydroxylation sites is 4. The van der Waals surface area contributed by atoms with Crippen LogP contribution in [0.3, 0.4) is 0 Å². The van der Waals surface area contributed by atoms with Crippen molar-refractivity contribution in [3.05, 3.63) is 199 Å². The summed E-state index contributed by atoms with van der Waals surface area (Å²) in [7, 11) is 0. The fraction of sp³-hybridized carbons (Fsp3) is 0.0192. The summed E-state index contributed by atoms with van der Waals surface area (Å²) in [6, 6.07) is 65.2. The standard InChI is InChI=1S/C52H31BN4/c1-3-15-31(16-4-1)45-34-19-7-8-20-35(34)46-37-22-13-24-39-49(37)56(51(45)46)43-29-32(41-26-11-12-28-54-41)30-44-48(43)53(39)40-25-14-23-38-47-36-21-9-10-27-42(36)55(33-17-5-2-6-18-33)52(47)57(44)50(38)40/h1-30,45H. The molecule has 0 fully saturated rings. The molecule has 0 saturated heterocycles. The highest BCUT2D eigenvalue weighted by Crippen LogP contribution is 2.54. The van der Waals surface area contributed by atoms with E-state index in [9.17, 15) is 0 Å². The Morgan fingerprint density at radius 3 is 2.00 bits per heavy atom. The average Bonchev–Trinajstić information content (AvgIpc) is 4.00. The van der Waals surface area contributed by atoms with Gasteiger partial charge in [0.25, 0.3) is 6.71 Å². The van der Waals surface area contributed by atoms with E-state index in [1.807, 2.05) is 12.3 Å². The van der Waals surface area contributed by atoms with Crippen molar-refractivity contribution >= 4 is 66.8 Å². The van der Waals surface area contributed by atoms with E-state index in [4.69, 9.17) is 4.98 Å². The van der Waals surface area contributed by atoms with Gasteiger partial charge in [0.05, 0.1) is 22.6 Å². The highest BCUT2D eigenvalue weighted by molar-refractivity contribution is 7.00. The van der Waals surface area contributed by atoms with Crippen LogP contribution in [0.2, 0.25) is 0 Å². The number of fused-ring (bicyclic) bond motifs is 14. The zero-order valence-electron chi connectivity index (χ0n) is 30.8. The zero-order chi connectivity index (χ0) is 36.9. The smallest absolute Gasteiger partial charge is 0.252 e. The first-order valence-corrected chi connectivity index (χ1v) is 19.9. The van der Waals surface area contributed by atoms with Crippen LogP contribution in [-0.2, 0) is 0 Å². The van der Waals surface area contributed by atoms with E-state index in [2.05, 4.69) is 184 Å². The van der Waals surface area contributed by atoms with Gasteiger partial charge in [-0.2, -0.15) is 0 Å². The Morgan fingerprint density at radius 1 is 0.526 bits per heavy atom. The summed E-state index contributed by atoms with van der Waals surface area (Å²) < 4.78 is 7.75. The van der Waals surface area contributed by atoms with Crippen molar-refractivity contribution < 1.29 is 0 Å². The van der Waals surface area contributed by atoms with Crippen LogP contribution in [0, 0.1) is 0 Å². The van der Waals surface area contributed by atoms with Crippen molar-refractivity contribution in [2.45, 2.75) is 5.92 Å². The lowest BCUT2D eigenvalue weighted by Gasteiger charge is -2.35. The monoisotopic (exact) mass is 722 g/mol. The number of rotatable bonds is 3. The molecule has 0 N–H and O–H groups in total. The second-order valence-electron chi connectivity index (χ2n) is 15.8. The van der Waals surface area contributed by atoms with E-state index in [-0.39, 0.29) is 12.6 Å². The third-order valence-electron chi connectivity index (χ3n) is 13.1. The Bertz CT molecular complexity index is 3520. The molecule has 3 aliphatic rings. The van der Waals surface area contributed by atoms with Gasteiger partial charge in [-0.1, -0.05) is 133 Å². The number of nitrogens with zero attached hydrogens (tertiary/aromatic N) is 4. The Kier molecular flexibility index (Phi) is 5.61. The van der Waals surface area contributed by atoms with Gasteiger partial charge in [-0.15, -0.1) is 0 Å². The van der Waals surface area contributed by atoms with Crippen LogP contribution < -0.4 is 16.4 Å². The normalized spacial score (nSPS) is 14.5. The van der Waals surface area contributed by atoms with Gasteiger partial charge in [0, 0.05) is 67.1 Å². The molecule has 2 aliphatic heterocycles. The van der Waals surface area contributed by atoms with Gasteiger partial charge < -0.3 is 4.57 Å². The van der Waals surface area contributed by atoms with E-state index in [0.717, 1.165) is 16.9 Å². The topological polar surface area (TPSA) is 27.7 Å². The molecule has 4 aromatic heterocycles. The quantitative estimate of drug-likeness (QED) is 0.167. The maximum Gasteiger partial charge on any atom is 0.252 e. The average molecular weight is 723 g/mol. The highest BCUT2D eigenvalue weighted by atomic mass is 15.1. The fourth-order valence-corrected chi connectivity index (χ4v) is 11.1. The molecule has 262 valence electrons. The molecule has 0 saturated carbocycles. The second kappa shape index (κ2) is 10.7. The lowest BCUT2D eigenvalue weighted by molar-refractivity contribution is 0.904. The van der Waals surface area contributed by atoms with Crippen LogP contribution in [0.1, 0.15) is 22.7 Å². The molecule has 14 rings (SSSR count). The lowest BCUT2D eigenvalue weighted by atomic mass is 9.34. The van der Waals surface area contributed by atoms with E-state index in [0.29, 0.717) is 0 Å². The van der Waals surface area contributed by atoms with E-state index in [1.165, 1.54) is 99.5 Å². The van der Waals surface area contributed by atoms with Crippen molar-refractivity contribution in [2.24, 2.45) is 0 Å². The van der Waals surface area contributed by atoms with Gasteiger partial charge in [-0.25, -0.2) is 0 Å². The molecule has 0 bridgehead atoms. The molecule has 0 amide bonds. The number of aromatic nitrogens is 4. The van der Waals surface area contributed by atoms with Crippen LogP contribution in [-0.4, -0.2) is 25.4 Å². The molecule has 7 aromatic carbocycles. The summed E-state index contributed by atoms with van der Waals surface area (Å²) in [6.45, 7) is 0.0519. The first kappa shape index (κ1) is 29.9. The maximum atomic E-state index is 4.98. The summed E-state index contributed by atoms with van der Waals surface area (Å²) in [6.07, 6.45) is 1.92. The molecule has 6 heterocycles. The minimum Gasteiger partial charge on any atom is -0.313 e.